The summed E-state index contributed by atoms with van der Waals surface area (Å²) in [5.74, 6) is 0. The van der Waals surface area contributed by atoms with E-state index in [1.165, 1.54) is 0 Å². The van der Waals surface area contributed by atoms with E-state index in [1.54, 1.807) is 11.8 Å². The fourth-order valence-electron chi connectivity index (χ4n) is 1.87. The minimum absolute atomic E-state index is 0.366. The van der Waals surface area contributed by atoms with Gasteiger partial charge in [0.05, 0.1) is 18.0 Å². The van der Waals surface area contributed by atoms with Crippen molar-refractivity contribution in [2.75, 3.05) is 25.5 Å². The summed E-state index contributed by atoms with van der Waals surface area (Å²) in [7, 11) is 3.68. The lowest BCUT2D eigenvalue weighted by Crippen LogP contribution is -2.29. The Morgan fingerprint density at radius 3 is 3.20 bits per heavy atom. The van der Waals surface area contributed by atoms with E-state index in [0.717, 1.165) is 25.2 Å². The summed E-state index contributed by atoms with van der Waals surface area (Å²) in [5.41, 5.74) is 1.07. The summed E-state index contributed by atoms with van der Waals surface area (Å²) in [5, 5.41) is 10.9. The van der Waals surface area contributed by atoms with Crippen molar-refractivity contribution < 1.29 is 4.74 Å². The van der Waals surface area contributed by atoms with Crippen LogP contribution < -0.4 is 10.6 Å². The molecule has 84 valence electrons. The molecule has 0 bridgehead atoms. The Labute approximate surface area is 89.8 Å². The third-order valence-corrected chi connectivity index (χ3v) is 2.77. The molecule has 1 aromatic heterocycles. The molecule has 0 saturated carbocycles. The highest BCUT2D eigenvalue weighted by atomic mass is 16.5. The van der Waals surface area contributed by atoms with E-state index in [1.807, 2.05) is 19.4 Å². The Bertz CT molecular complexity index is 312. The summed E-state index contributed by atoms with van der Waals surface area (Å²) in [4.78, 5) is 0. The number of hydrogen-bond donors (Lipinski definition) is 2. The van der Waals surface area contributed by atoms with Gasteiger partial charge in [-0.15, -0.1) is 0 Å². The Morgan fingerprint density at radius 1 is 1.73 bits per heavy atom. The molecule has 2 rings (SSSR count). The molecule has 0 radical (unpaired) electrons. The van der Waals surface area contributed by atoms with E-state index in [-0.39, 0.29) is 0 Å². The van der Waals surface area contributed by atoms with Gasteiger partial charge in [-0.1, -0.05) is 0 Å². The zero-order valence-electron chi connectivity index (χ0n) is 9.23. The SMILES string of the molecule is COC1CNC(CNc2cnn(C)c2)C1. The number of methoxy groups -OCH3 is 1. The fraction of sp³-hybridized carbons (Fsp3) is 0.700. The lowest BCUT2D eigenvalue weighted by molar-refractivity contribution is 0.117. The van der Waals surface area contributed by atoms with Crippen molar-refractivity contribution in [3.8, 4) is 0 Å². The highest BCUT2D eigenvalue weighted by Gasteiger charge is 2.23. The lowest BCUT2D eigenvalue weighted by Gasteiger charge is -2.11. The first-order valence-corrected chi connectivity index (χ1v) is 5.26. The summed E-state index contributed by atoms with van der Waals surface area (Å²) < 4.78 is 7.08. The maximum atomic E-state index is 5.29. The highest BCUT2D eigenvalue weighted by molar-refractivity contribution is 5.38. The Hall–Kier alpha value is -1.07. The maximum Gasteiger partial charge on any atom is 0.0726 e. The average molecular weight is 210 g/mol. The molecule has 1 aliphatic rings. The predicted octanol–water partition coefficient (Wildman–Crippen LogP) is 0.209. The Kier molecular flexibility index (Phi) is 3.23. The standard InChI is InChI=1S/C10H18N4O/c1-14-7-9(5-13-14)11-4-8-3-10(15-2)6-12-8/h5,7-8,10-12H,3-4,6H2,1-2H3. The molecule has 2 heterocycles. The molecule has 2 atom stereocenters. The third-order valence-electron chi connectivity index (χ3n) is 2.77. The van der Waals surface area contributed by atoms with Gasteiger partial charge in [0.25, 0.3) is 0 Å². The first-order chi connectivity index (χ1) is 7.28. The smallest absolute Gasteiger partial charge is 0.0726 e. The Morgan fingerprint density at radius 2 is 2.60 bits per heavy atom. The molecule has 0 aliphatic carbocycles. The monoisotopic (exact) mass is 210 g/mol. The number of nitrogens with zero attached hydrogens (tertiary/aromatic N) is 2. The van der Waals surface area contributed by atoms with Gasteiger partial charge in [0.1, 0.15) is 0 Å². The van der Waals surface area contributed by atoms with Crippen LogP contribution >= 0.6 is 0 Å². The Balaban J connectivity index is 1.75. The van der Waals surface area contributed by atoms with Crippen LogP contribution in [-0.2, 0) is 11.8 Å². The minimum atomic E-state index is 0.366. The predicted molar refractivity (Wildman–Crippen MR) is 58.9 cm³/mol. The molecular weight excluding hydrogens is 192 g/mol. The number of nitrogens with one attached hydrogen (secondary N) is 2. The molecule has 1 saturated heterocycles. The quantitative estimate of drug-likeness (QED) is 0.746. The van der Waals surface area contributed by atoms with E-state index >= 15 is 0 Å². The number of rotatable bonds is 4. The second-order valence-electron chi connectivity index (χ2n) is 3.98. The summed E-state index contributed by atoms with van der Waals surface area (Å²) in [6, 6.07) is 0.496. The maximum absolute atomic E-state index is 5.29. The number of ether oxygens (including phenoxy) is 1. The number of aromatic nitrogens is 2. The van der Waals surface area contributed by atoms with E-state index < -0.39 is 0 Å². The molecular formula is C10H18N4O. The third kappa shape index (κ3) is 2.70. The van der Waals surface area contributed by atoms with Crippen LogP contribution in [0.2, 0.25) is 0 Å². The summed E-state index contributed by atoms with van der Waals surface area (Å²) >= 11 is 0. The molecule has 2 N–H and O–H groups in total. The van der Waals surface area contributed by atoms with Gasteiger partial charge in [-0.25, -0.2) is 0 Å². The molecule has 15 heavy (non-hydrogen) atoms. The van der Waals surface area contributed by atoms with Crippen molar-refractivity contribution in [1.29, 1.82) is 0 Å². The van der Waals surface area contributed by atoms with E-state index in [4.69, 9.17) is 4.74 Å². The molecule has 0 aromatic carbocycles. The first kappa shape index (κ1) is 10.4. The normalized spacial score (nSPS) is 25.7. The van der Waals surface area contributed by atoms with Crippen molar-refractivity contribution in [3.05, 3.63) is 12.4 Å². The zero-order valence-corrected chi connectivity index (χ0v) is 9.23. The van der Waals surface area contributed by atoms with Crippen LogP contribution in [-0.4, -0.2) is 42.1 Å². The molecule has 0 amide bonds. The summed E-state index contributed by atoms with van der Waals surface area (Å²) in [6.07, 6.45) is 5.25. The summed E-state index contributed by atoms with van der Waals surface area (Å²) in [6.45, 7) is 1.88. The van der Waals surface area contributed by atoms with Gasteiger partial charge in [-0.2, -0.15) is 5.10 Å². The van der Waals surface area contributed by atoms with Crippen LogP contribution in [0.25, 0.3) is 0 Å². The van der Waals surface area contributed by atoms with Gasteiger partial charge in [0.15, 0.2) is 0 Å². The van der Waals surface area contributed by atoms with Crippen LogP contribution in [0.1, 0.15) is 6.42 Å². The fourth-order valence-corrected chi connectivity index (χ4v) is 1.87. The van der Waals surface area contributed by atoms with E-state index in [9.17, 15) is 0 Å². The van der Waals surface area contributed by atoms with E-state index in [0.29, 0.717) is 12.1 Å². The van der Waals surface area contributed by atoms with Crippen LogP contribution in [0.4, 0.5) is 5.69 Å². The molecule has 1 aliphatic heterocycles. The second-order valence-corrected chi connectivity index (χ2v) is 3.98. The average Bonchev–Trinajstić information content (AvgIpc) is 2.83. The van der Waals surface area contributed by atoms with Crippen molar-refractivity contribution in [2.45, 2.75) is 18.6 Å². The lowest BCUT2D eigenvalue weighted by atomic mass is 10.2. The van der Waals surface area contributed by atoms with Gasteiger partial charge in [-0.3, -0.25) is 4.68 Å². The van der Waals surface area contributed by atoms with Crippen LogP contribution in [0.15, 0.2) is 12.4 Å². The van der Waals surface area contributed by atoms with Crippen molar-refractivity contribution in [2.24, 2.45) is 7.05 Å². The van der Waals surface area contributed by atoms with Gasteiger partial charge in [-0.05, 0) is 6.42 Å². The van der Waals surface area contributed by atoms with Crippen LogP contribution in [0, 0.1) is 0 Å². The van der Waals surface area contributed by atoms with Crippen molar-refractivity contribution in [3.63, 3.8) is 0 Å². The van der Waals surface area contributed by atoms with Crippen LogP contribution in [0.3, 0.4) is 0 Å². The molecule has 1 fully saturated rings. The second kappa shape index (κ2) is 4.63. The van der Waals surface area contributed by atoms with Crippen molar-refractivity contribution in [1.82, 2.24) is 15.1 Å². The van der Waals surface area contributed by atoms with E-state index in [2.05, 4.69) is 15.7 Å². The van der Waals surface area contributed by atoms with Crippen LogP contribution in [0.5, 0.6) is 0 Å². The van der Waals surface area contributed by atoms with Gasteiger partial charge in [0.2, 0.25) is 0 Å². The molecule has 5 heteroatoms. The molecule has 0 spiro atoms. The molecule has 5 nitrogen and oxygen atoms in total. The van der Waals surface area contributed by atoms with Gasteiger partial charge < -0.3 is 15.4 Å². The largest absolute Gasteiger partial charge is 0.381 e. The number of anilines is 1. The zero-order chi connectivity index (χ0) is 10.7. The van der Waals surface area contributed by atoms with Gasteiger partial charge >= 0.3 is 0 Å². The highest BCUT2D eigenvalue weighted by Crippen LogP contribution is 2.11. The molecule has 1 aromatic rings. The number of hydrogen-bond acceptors (Lipinski definition) is 4. The van der Waals surface area contributed by atoms with Crippen molar-refractivity contribution >= 4 is 5.69 Å². The topological polar surface area (TPSA) is 51.1 Å². The number of aryl methyl sites for hydroxylation is 1. The minimum Gasteiger partial charge on any atom is -0.381 e. The van der Waals surface area contributed by atoms with Gasteiger partial charge in [0, 0.05) is 39.5 Å². The first-order valence-electron chi connectivity index (χ1n) is 5.26. The molecule has 2 unspecified atom stereocenters.